The molecule has 0 aromatic heterocycles. The Morgan fingerprint density at radius 3 is 2.61 bits per heavy atom. The van der Waals surface area contributed by atoms with Crippen molar-refractivity contribution >= 4 is 29.1 Å². The number of hydrogen-bond acceptors (Lipinski definition) is 6. The first-order valence-electron chi connectivity index (χ1n) is 6.64. The molecule has 0 fully saturated rings. The molecule has 9 heteroatoms. The summed E-state index contributed by atoms with van der Waals surface area (Å²) >= 11 is 0. The molecule has 0 aliphatic carbocycles. The number of carboxylic acid groups (broad SMARTS) is 1. The fourth-order valence-corrected chi connectivity index (χ4v) is 2.24. The van der Waals surface area contributed by atoms with Crippen LogP contribution in [0.2, 0.25) is 0 Å². The highest BCUT2D eigenvalue weighted by atomic mass is 16.7. The van der Waals surface area contributed by atoms with Crippen molar-refractivity contribution in [3.8, 4) is 0 Å². The van der Waals surface area contributed by atoms with E-state index < -0.39 is 17.6 Å². The number of hydroxylamine groups is 1. The first-order valence-corrected chi connectivity index (χ1v) is 6.64. The topological polar surface area (TPSA) is 113 Å². The minimum atomic E-state index is -1.80. The van der Waals surface area contributed by atoms with E-state index in [0.29, 0.717) is 5.69 Å². The van der Waals surface area contributed by atoms with E-state index >= 15 is 0 Å². The van der Waals surface area contributed by atoms with Gasteiger partial charge in [-0.3, -0.25) is 4.79 Å². The Hall–Kier alpha value is -2.94. The van der Waals surface area contributed by atoms with Crippen LogP contribution in [0, 0.1) is 0 Å². The zero-order valence-electron chi connectivity index (χ0n) is 12.8. The first kappa shape index (κ1) is 16.4. The average molecular weight is 320 g/mol. The van der Waals surface area contributed by atoms with Gasteiger partial charge in [-0.25, -0.2) is 9.63 Å². The van der Waals surface area contributed by atoms with Gasteiger partial charge < -0.3 is 9.94 Å². The quantitative estimate of drug-likeness (QED) is 0.628. The second-order valence-corrected chi connectivity index (χ2v) is 4.69. The zero-order chi connectivity index (χ0) is 17.0. The highest BCUT2D eigenvalue weighted by Gasteiger charge is 2.55. The highest BCUT2D eigenvalue weighted by Crippen LogP contribution is 2.30. The summed E-state index contributed by atoms with van der Waals surface area (Å²) in [6.45, 7) is 3.03. The average Bonchev–Trinajstić information content (AvgIpc) is 2.78. The SMILES string of the molecule is CO/N=C(\C)C1(ONC(=O)O)C(=O)N(c2ccccc2)N=C1C. The van der Waals surface area contributed by atoms with Gasteiger partial charge in [-0.05, 0) is 26.0 Å². The number of anilines is 1. The van der Waals surface area contributed by atoms with Crippen molar-refractivity contribution < 1.29 is 24.4 Å². The minimum absolute atomic E-state index is 0.110. The number of nitrogens with one attached hydrogen (secondary N) is 1. The summed E-state index contributed by atoms with van der Waals surface area (Å²) < 4.78 is 0. The number of amides is 2. The summed E-state index contributed by atoms with van der Waals surface area (Å²) in [5.74, 6) is -0.603. The Morgan fingerprint density at radius 1 is 1.39 bits per heavy atom. The van der Waals surface area contributed by atoms with Gasteiger partial charge in [-0.15, -0.1) is 0 Å². The molecule has 0 radical (unpaired) electrons. The van der Waals surface area contributed by atoms with Gasteiger partial charge in [0.05, 0.1) is 11.4 Å². The van der Waals surface area contributed by atoms with Gasteiger partial charge in [0.25, 0.3) is 11.5 Å². The van der Waals surface area contributed by atoms with Crippen molar-refractivity contribution in [2.75, 3.05) is 12.1 Å². The lowest BCUT2D eigenvalue weighted by Crippen LogP contribution is -2.57. The number of carbonyl (C=O) groups excluding carboxylic acids is 1. The second-order valence-electron chi connectivity index (χ2n) is 4.69. The van der Waals surface area contributed by atoms with Crippen molar-refractivity contribution in [3.63, 3.8) is 0 Å². The maximum atomic E-state index is 12.9. The molecule has 23 heavy (non-hydrogen) atoms. The molecule has 1 aromatic carbocycles. The molecule has 1 atom stereocenters. The molecule has 0 bridgehead atoms. The van der Waals surface area contributed by atoms with Crippen LogP contribution in [-0.2, 0) is 14.5 Å². The predicted molar refractivity (Wildman–Crippen MR) is 82.1 cm³/mol. The molecule has 122 valence electrons. The Labute approximate surface area is 132 Å². The van der Waals surface area contributed by atoms with Crippen molar-refractivity contribution in [1.82, 2.24) is 5.48 Å². The summed E-state index contributed by atoms with van der Waals surface area (Å²) in [4.78, 5) is 33.5. The van der Waals surface area contributed by atoms with Crippen LogP contribution in [0.25, 0.3) is 0 Å². The van der Waals surface area contributed by atoms with Crippen molar-refractivity contribution in [2.45, 2.75) is 19.4 Å². The van der Waals surface area contributed by atoms with E-state index in [0.717, 1.165) is 5.01 Å². The smallest absolute Gasteiger partial charge is 0.428 e. The van der Waals surface area contributed by atoms with E-state index in [9.17, 15) is 9.59 Å². The maximum Gasteiger partial charge on any atom is 0.428 e. The first-order chi connectivity index (χ1) is 10.9. The van der Waals surface area contributed by atoms with E-state index in [1.165, 1.54) is 14.0 Å². The van der Waals surface area contributed by atoms with Gasteiger partial charge in [-0.1, -0.05) is 23.4 Å². The Balaban J connectivity index is 2.46. The molecule has 0 spiro atoms. The zero-order valence-corrected chi connectivity index (χ0v) is 12.8. The van der Waals surface area contributed by atoms with Gasteiger partial charge in [0.1, 0.15) is 12.8 Å². The van der Waals surface area contributed by atoms with Crippen LogP contribution in [0.4, 0.5) is 10.5 Å². The number of para-hydroxylation sites is 1. The Bertz CT molecular complexity index is 673. The largest absolute Gasteiger partial charge is 0.464 e. The fraction of sp³-hybridized carbons (Fsp3) is 0.286. The van der Waals surface area contributed by atoms with E-state index in [2.05, 4.69) is 10.3 Å². The molecule has 2 amide bonds. The number of hydrazone groups is 1. The van der Waals surface area contributed by atoms with Crippen molar-refractivity contribution in [1.29, 1.82) is 0 Å². The molecule has 0 saturated carbocycles. The molecule has 9 nitrogen and oxygen atoms in total. The van der Waals surface area contributed by atoms with Crippen LogP contribution >= 0.6 is 0 Å². The van der Waals surface area contributed by atoms with Gasteiger partial charge >= 0.3 is 6.09 Å². The van der Waals surface area contributed by atoms with Gasteiger partial charge in [0.2, 0.25) is 0 Å². The molecule has 2 N–H and O–H groups in total. The summed E-state index contributed by atoms with van der Waals surface area (Å²) in [5, 5.41) is 17.8. The summed E-state index contributed by atoms with van der Waals surface area (Å²) in [6.07, 6.45) is -1.45. The monoisotopic (exact) mass is 320 g/mol. The summed E-state index contributed by atoms with van der Waals surface area (Å²) in [6, 6.07) is 8.68. The summed E-state index contributed by atoms with van der Waals surface area (Å²) in [5.41, 5.74) is 0.798. The third-order valence-corrected chi connectivity index (χ3v) is 3.28. The number of oxime groups is 1. The van der Waals surface area contributed by atoms with Gasteiger partial charge in [-0.2, -0.15) is 15.6 Å². The molecule has 0 saturated heterocycles. The highest BCUT2D eigenvalue weighted by molar-refractivity contribution is 6.35. The molecular formula is C14H16N4O5. The molecular weight excluding hydrogens is 304 g/mol. The molecule has 1 unspecified atom stereocenters. The van der Waals surface area contributed by atoms with Crippen molar-refractivity contribution in [2.24, 2.45) is 10.3 Å². The lowest BCUT2D eigenvalue weighted by Gasteiger charge is -2.26. The van der Waals surface area contributed by atoms with Gasteiger partial charge in [0.15, 0.2) is 0 Å². The van der Waals surface area contributed by atoms with E-state index in [1.807, 2.05) is 0 Å². The number of benzene rings is 1. The van der Waals surface area contributed by atoms with Crippen molar-refractivity contribution in [3.05, 3.63) is 30.3 Å². The van der Waals surface area contributed by atoms with E-state index in [1.54, 1.807) is 42.7 Å². The van der Waals surface area contributed by atoms with Crippen LogP contribution in [0.3, 0.4) is 0 Å². The molecule has 1 aliphatic rings. The van der Waals surface area contributed by atoms with Crippen LogP contribution in [0.5, 0.6) is 0 Å². The van der Waals surface area contributed by atoms with Crippen LogP contribution in [-0.4, -0.2) is 41.2 Å². The lowest BCUT2D eigenvalue weighted by molar-refractivity contribution is -0.132. The third kappa shape index (κ3) is 2.86. The molecule has 1 heterocycles. The molecule has 2 rings (SSSR count). The maximum absolute atomic E-state index is 12.9. The summed E-state index contributed by atoms with van der Waals surface area (Å²) in [7, 11) is 1.31. The number of carbonyl (C=O) groups is 2. The van der Waals surface area contributed by atoms with Crippen LogP contribution in [0.1, 0.15) is 13.8 Å². The fourth-order valence-electron chi connectivity index (χ4n) is 2.24. The Kier molecular flexibility index (Phi) is 4.60. The number of nitrogens with zero attached hydrogens (tertiary/aromatic N) is 3. The standard InChI is InChI=1S/C14H16N4O5/c1-9-14(10(2)16-22-3,23-17-13(20)21)12(19)18(15-9)11-7-5-4-6-8-11/h4-8,17H,1-3H3,(H,20,21)/b16-10+. The lowest BCUT2D eigenvalue weighted by atomic mass is 9.93. The van der Waals surface area contributed by atoms with E-state index in [-0.39, 0.29) is 11.4 Å². The number of rotatable bonds is 5. The molecule has 1 aromatic rings. The minimum Gasteiger partial charge on any atom is -0.464 e. The molecule has 1 aliphatic heterocycles. The van der Waals surface area contributed by atoms with Crippen LogP contribution in [0.15, 0.2) is 40.6 Å². The van der Waals surface area contributed by atoms with Gasteiger partial charge in [0, 0.05) is 0 Å². The van der Waals surface area contributed by atoms with Crippen LogP contribution < -0.4 is 10.5 Å². The normalized spacial score (nSPS) is 21.2. The predicted octanol–water partition coefficient (Wildman–Crippen LogP) is 1.37. The Morgan fingerprint density at radius 2 is 2.04 bits per heavy atom. The second kappa shape index (κ2) is 6.44. The number of hydrogen-bond donors (Lipinski definition) is 2. The van der Waals surface area contributed by atoms with E-state index in [4.69, 9.17) is 14.8 Å². The third-order valence-electron chi connectivity index (χ3n) is 3.28.